The maximum Gasteiger partial charge on any atom is 0.272 e. The quantitative estimate of drug-likeness (QED) is 0.701. The molecule has 0 aliphatic heterocycles. The van der Waals surface area contributed by atoms with Crippen LogP contribution in [0.15, 0.2) is 16.9 Å². The fourth-order valence-corrected chi connectivity index (χ4v) is 1.03. The minimum Gasteiger partial charge on any atom is -0.345 e. The number of carbonyl (C=O) groups is 2. The normalized spacial score (nSPS) is 9.76. The standard InChI is InChI=1S/C10H14N4O3/c1-3-14(2)9(16)6-11-10(17)7-4-5-8(15)13-12-7/h4-5H,3,6H2,1-2H3,(H,11,17)(H,13,15). The van der Waals surface area contributed by atoms with E-state index in [1.807, 2.05) is 6.92 Å². The molecule has 17 heavy (non-hydrogen) atoms. The van der Waals surface area contributed by atoms with Crippen LogP contribution in [-0.2, 0) is 4.79 Å². The molecule has 7 heteroatoms. The first-order valence-corrected chi connectivity index (χ1v) is 5.12. The first kappa shape index (κ1) is 12.9. The molecule has 0 aromatic carbocycles. The Labute approximate surface area is 97.8 Å². The van der Waals surface area contributed by atoms with Crippen molar-refractivity contribution in [2.75, 3.05) is 20.1 Å². The average molecular weight is 238 g/mol. The first-order chi connectivity index (χ1) is 8.04. The number of aromatic nitrogens is 2. The highest BCUT2D eigenvalue weighted by atomic mass is 16.2. The lowest BCUT2D eigenvalue weighted by atomic mass is 10.3. The van der Waals surface area contributed by atoms with E-state index in [2.05, 4.69) is 15.5 Å². The predicted molar refractivity (Wildman–Crippen MR) is 60.5 cm³/mol. The molecule has 0 aliphatic rings. The maximum atomic E-state index is 11.5. The van der Waals surface area contributed by atoms with Gasteiger partial charge in [-0.05, 0) is 13.0 Å². The Balaban J connectivity index is 2.53. The summed E-state index contributed by atoms with van der Waals surface area (Å²) in [6.45, 7) is 2.32. The predicted octanol–water partition coefficient (Wildman–Crippen LogP) is -1.02. The van der Waals surface area contributed by atoms with E-state index in [-0.39, 0.29) is 23.7 Å². The second kappa shape index (κ2) is 5.78. The summed E-state index contributed by atoms with van der Waals surface area (Å²) in [7, 11) is 1.65. The van der Waals surface area contributed by atoms with E-state index in [0.29, 0.717) is 6.54 Å². The zero-order valence-electron chi connectivity index (χ0n) is 9.69. The molecule has 92 valence electrons. The lowest BCUT2D eigenvalue weighted by Crippen LogP contribution is -2.38. The maximum absolute atomic E-state index is 11.5. The van der Waals surface area contributed by atoms with Crippen LogP contribution in [0.1, 0.15) is 17.4 Å². The average Bonchev–Trinajstić information content (AvgIpc) is 2.35. The van der Waals surface area contributed by atoms with E-state index in [1.165, 1.54) is 17.0 Å². The molecule has 0 aliphatic carbocycles. The molecular weight excluding hydrogens is 224 g/mol. The number of likely N-dealkylation sites (N-methyl/N-ethyl adjacent to an activating group) is 1. The van der Waals surface area contributed by atoms with Crippen molar-refractivity contribution in [2.45, 2.75) is 6.92 Å². The van der Waals surface area contributed by atoms with Crippen molar-refractivity contribution < 1.29 is 9.59 Å². The highest BCUT2D eigenvalue weighted by Gasteiger charge is 2.11. The molecule has 0 saturated carbocycles. The Hall–Kier alpha value is -2.18. The van der Waals surface area contributed by atoms with Gasteiger partial charge in [0.1, 0.15) is 5.69 Å². The molecule has 1 aromatic heterocycles. The lowest BCUT2D eigenvalue weighted by Gasteiger charge is -2.14. The molecule has 1 heterocycles. The highest BCUT2D eigenvalue weighted by Crippen LogP contribution is 1.89. The molecule has 0 fully saturated rings. The SMILES string of the molecule is CCN(C)C(=O)CNC(=O)c1ccc(=O)[nH]n1. The highest BCUT2D eigenvalue weighted by molar-refractivity contribution is 5.94. The second-order valence-electron chi connectivity index (χ2n) is 3.40. The smallest absolute Gasteiger partial charge is 0.272 e. The van der Waals surface area contributed by atoms with Crippen molar-refractivity contribution >= 4 is 11.8 Å². The fraction of sp³-hybridized carbons (Fsp3) is 0.400. The summed E-state index contributed by atoms with van der Waals surface area (Å²) < 4.78 is 0. The number of amides is 2. The third-order valence-electron chi connectivity index (χ3n) is 2.21. The summed E-state index contributed by atoms with van der Waals surface area (Å²) in [5.74, 6) is -0.690. The number of rotatable bonds is 4. The van der Waals surface area contributed by atoms with Crippen LogP contribution in [0.4, 0.5) is 0 Å². The minimum atomic E-state index is -0.501. The summed E-state index contributed by atoms with van der Waals surface area (Å²) in [5, 5.41) is 8.11. The zero-order valence-corrected chi connectivity index (χ0v) is 9.69. The summed E-state index contributed by atoms with van der Waals surface area (Å²) in [4.78, 5) is 35.1. The van der Waals surface area contributed by atoms with Crippen molar-refractivity contribution in [3.05, 3.63) is 28.2 Å². The number of H-pyrrole nitrogens is 1. The van der Waals surface area contributed by atoms with Crippen LogP contribution in [0.3, 0.4) is 0 Å². The Kier molecular flexibility index (Phi) is 4.38. The molecular formula is C10H14N4O3. The molecule has 0 unspecified atom stereocenters. The second-order valence-corrected chi connectivity index (χ2v) is 3.40. The number of aromatic amines is 1. The van der Waals surface area contributed by atoms with Crippen LogP contribution in [-0.4, -0.2) is 47.0 Å². The zero-order chi connectivity index (χ0) is 12.8. The Morgan fingerprint density at radius 2 is 2.18 bits per heavy atom. The molecule has 0 bridgehead atoms. The van der Waals surface area contributed by atoms with Gasteiger partial charge >= 0.3 is 0 Å². The Bertz CT molecular complexity index is 448. The molecule has 2 amide bonds. The Morgan fingerprint density at radius 3 is 2.71 bits per heavy atom. The molecule has 1 rings (SSSR count). The van der Waals surface area contributed by atoms with E-state index in [0.717, 1.165) is 0 Å². The number of hydrogen-bond acceptors (Lipinski definition) is 4. The van der Waals surface area contributed by atoms with Gasteiger partial charge in [-0.25, -0.2) is 5.10 Å². The molecule has 0 radical (unpaired) electrons. The topological polar surface area (TPSA) is 95.2 Å². The number of carbonyl (C=O) groups excluding carboxylic acids is 2. The molecule has 0 atom stereocenters. The van der Waals surface area contributed by atoms with Crippen LogP contribution < -0.4 is 10.9 Å². The molecule has 0 spiro atoms. The third-order valence-corrected chi connectivity index (χ3v) is 2.21. The van der Waals surface area contributed by atoms with Crippen molar-refractivity contribution in [1.82, 2.24) is 20.4 Å². The lowest BCUT2D eigenvalue weighted by molar-refractivity contribution is -0.128. The number of hydrogen-bond donors (Lipinski definition) is 2. The van der Waals surface area contributed by atoms with Gasteiger partial charge in [0.15, 0.2) is 0 Å². The van der Waals surface area contributed by atoms with Gasteiger partial charge in [-0.2, -0.15) is 5.10 Å². The van der Waals surface area contributed by atoms with Gasteiger partial charge in [-0.3, -0.25) is 14.4 Å². The van der Waals surface area contributed by atoms with E-state index in [1.54, 1.807) is 7.05 Å². The van der Waals surface area contributed by atoms with Crippen molar-refractivity contribution in [3.63, 3.8) is 0 Å². The summed E-state index contributed by atoms with van der Waals surface area (Å²) in [5.41, 5.74) is -0.320. The van der Waals surface area contributed by atoms with E-state index in [4.69, 9.17) is 0 Å². The van der Waals surface area contributed by atoms with Crippen LogP contribution in [0, 0.1) is 0 Å². The fourth-order valence-electron chi connectivity index (χ4n) is 1.03. The van der Waals surface area contributed by atoms with Gasteiger partial charge in [0.05, 0.1) is 6.54 Å². The van der Waals surface area contributed by atoms with Gasteiger partial charge in [0.25, 0.3) is 11.5 Å². The van der Waals surface area contributed by atoms with Gasteiger partial charge in [0.2, 0.25) is 5.91 Å². The van der Waals surface area contributed by atoms with Crippen LogP contribution in [0.5, 0.6) is 0 Å². The van der Waals surface area contributed by atoms with Gasteiger partial charge < -0.3 is 10.2 Å². The van der Waals surface area contributed by atoms with Gasteiger partial charge in [-0.15, -0.1) is 0 Å². The van der Waals surface area contributed by atoms with Crippen LogP contribution in [0.2, 0.25) is 0 Å². The largest absolute Gasteiger partial charge is 0.345 e. The van der Waals surface area contributed by atoms with Crippen molar-refractivity contribution in [3.8, 4) is 0 Å². The summed E-state index contributed by atoms with van der Waals surface area (Å²) in [6.07, 6.45) is 0. The molecule has 7 nitrogen and oxygen atoms in total. The summed E-state index contributed by atoms with van der Waals surface area (Å²) >= 11 is 0. The van der Waals surface area contributed by atoms with Crippen LogP contribution >= 0.6 is 0 Å². The summed E-state index contributed by atoms with van der Waals surface area (Å²) in [6, 6.07) is 2.49. The van der Waals surface area contributed by atoms with E-state index < -0.39 is 5.91 Å². The first-order valence-electron chi connectivity index (χ1n) is 5.12. The molecule has 0 saturated heterocycles. The van der Waals surface area contributed by atoms with Gasteiger partial charge in [0, 0.05) is 19.7 Å². The molecule has 1 aromatic rings. The van der Waals surface area contributed by atoms with Gasteiger partial charge in [-0.1, -0.05) is 0 Å². The van der Waals surface area contributed by atoms with Crippen molar-refractivity contribution in [1.29, 1.82) is 0 Å². The van der Waals surface area contributed by atoms with Crippen molar-refractivity contribution in [2.24, 2.45) is 0 Å². The van der Waals surface area contributed by atoms with E-state index >= 15 is 0 Å². The molecule has 2 N–H and O–H groups in total. The third kappa shape index (κ3) is 3.71. The minimum absolute atomic E-state index is 0.0663. The monoisotopic (exact) mass is 238 g/mol. The number of nitrogens with zero attached hydrogens (tertiary/aromatic N) is 2. The Morgan fingerprint density at radius 1 is 1.47 bits per heavy atom. The number of nitrogens with one attached hydrogen (secondary N) is 2. The van der Waals surface area contributed by atoms with Crippen LogP contribution in [0.25, 0.3) is 0 Å². The van der Waals surface area contributed by atoms with E-state index in [9.17, 15) is 14.4 Å².